The number of hydrogen-bond donors (Lipinski definition) is 2. The van der Waals surface area contributed by atoms with Crippen molar-refractivity contribution in [3.8, 4) is 0 Å². The molecule has 1 rings (SSSR count). The van der Waals surface area contributed by atoms with Crippen molar-refractivity contribution in [3.05, 3.63) is 16.3 Å². The molecule has 7 heteroatoms. The molecule has 1 aromatic heterocycles. The van der Waals surface area contributed by atoms with Crippen LogP contribution in [-0.2, 0) is 10.0 Å². The lowest BCUT2D eigenvalue weighted by Crippen LogP contribution is -2.22. The molecular weight excluding hydrogens is 224 g/mol. The maximum Gasteiger partial charge on any atom is 0.258 e. The second-order valence-corrected chi connectivity index (χ2v) is 5.19. The molecule has 0 bridgehead atoms. The minimum atomic E-state index is -3.47. The van der Waals surface area contributed by atoms with Crippen molar-refractivity contribution in [1.82, 2.24) is 4.72 Å². The molecule has 14 heavy (non-hydrogen) atoms. The number of nitrogens with one attached hydrogen (secondary N) is 1. The monoisotopic (exact) mass is 234 g/mol. The van der Waals surface area contributed by atoms with Crippen molar-refractivity contribution >= 4 is 27.3 Å². The van der Waals surface area contributed by atoms with E-state index in [9.17, 15) is 13.2 Å². The Morgan fingerprint density at radius 2 is 2.29 bits per heavy atom. The van der Waals surface area contributed by atoms with Crippen molar-refractivity contribution in [2.75, 3.05) is 6.54 Å². The third-order valence-corrected chi connectivity index (χ3v) is 4.08. The van der Waals surface area contributed by atoms with Gasteiger partial charge in [0.2, 0.25) is 10.0 Å². The van der Waals surface area contributed by atoms with Crippen molar-refractivity contribution in [2.45, 2.75) is 11.8 Å². The number of hydrogen-bond acceptors (Lipinski definition) is 4. The lowest BCUT2D eigenvalue weighted by molar-refractivity contribution is 0.100. The van der Waals surface area contributed by atoms with E-state index >= 15 is 0 Å². The molecule has 0 saturated carbocycles. The highest BCUT2D eigenvalue weighted by Gasteiger charge is 2.16. The standard InChI is InChI=1S/C7H10N2O3S2/c1-2-9-14(11,12)5-3-6(7(8)10)13-4-5/h3-4,9H,2H2,1H3,(H2,8,10). The molecule has 0 unspecified atom stereocenters. The predicted octanol–water partition coefficient (Wildman–Crippen LogP) is 0.145. The average Bonchev–Trinajstić information content (AvgIpc) is 2.51. The molecule has 0 atom stereocenters. The molecule has 78 valence electrons. The minimum absolute atomic E-state index is 0.0816. The predicted molar refractivity (Wildman–Crippen MR) is 53.7 cm³/mol. The molecule has 0 spiro atoms. The molecule has 1 aromatic rings. The molecule has 3 N–H and O–H groups in total. The van der Waals surface area contributed by atoms with E-state index in [1.807, 2.05) is 0 Å². The second-order valence-electron chi connectivity index (χ2n) is 2.51. The van der Waals surface area contributed by atoms with Gasteiger partial charge in [0.15, 0.2) is 0 Å². The van der Waals surface area contributed by atoms with E-state index in [0.29, 0.717) is 6.54 Å². The van der Waals surface area contributed by atoms with Crippen LogP contribution in [0.15, 0.2) is 16.3 Å². The van der Waals surface area contributed by atoms with Crippen LogP contribution in [0.25, 0.3) is 0 Å². The van der Waals surface area contributed by atoms with E-state index in [0.717, 1.165) is 11.3 Å². The topological polar surface area (TPSA) is 89.3 Å². The van der Waals surface area contributed by atoms with Gasteiger partial charge in [-0.2, -0.15) is 0 Å². The van der Waals surface area contributed by atoms with Gasteiger partial charge >= 0.3 is 0 Å². The van der Waals surface area contributed by atoms with Crippen molar-refractivity contribution in [1.29, 1.82) is 0 Å². The fourth-order valence-corrected chi connectivity index (χ4v) is 3.03. The summed E-state index contributed by atoms with van der Waals surface area (Å²) in [6.45, 7) is 1.99. The summed E-state index contributed by atoms with van der Waals surface area (Å²) in [4.78, 5) is 11.0. The maximum absolute atomic E-state index is 11.4. The molecular formula is C7H10N2O3S2. The molecule has 5 nitrogen and oxygen atoms in total. The molecule has 0 aliphatic heterocycles. The molecule has 1 heterocycles. The number of sulfonamides is 1. The van der Waals surface area contributed by atoms with E-state index in [-0.39, 0.29) is 9.77 Å². The van der Waals surface area contributed by atoms with Crippen LogP contribution in [0, 0.1) is 0 Å². The highest BCUT2D eigenvalue weighted by molar-refractivity contribution is 7.89. The van der Waals surface area contributed by atoms with Gasteiger partial charge < -0.3 is 5.73 Å². The van der Waals surface area contributed by atoms with Crippen LogP contribution in [0.3, 0.4) is 0 Å². The van der Waals surface area contributed by atoms with Crippen molar-refractivity contribution < 1.29 is 13.2 Å². The number of amides is 1. The Kier molecular flexibility index (Phi) is 3.25. The van der Waals surface area contributed by atoms with E-state index in [2.05, 4.69) is 4.72 Å². The zero-order chi connectivity index (χ0) is 10.8. The highest BCUT2D eigenvalue weighted by atomic mass is 32.2. The largest absolute Gasteiger partial charge is 0.365 e. The van der Waals surface area contributed by atoms with Crippen LogP contribution in [0.5, 0.6) is 0 Å². The Bertz CT molecular complexity index is 436. The van der Waals surface area contributed by atoms with Crippen molar-refractivity contribution in [3.63, 3.8) is 0 Å². The minimum Gasteiger partial charge on any atom is -0.365 e. The summed E-state index contributed by atoms with van der Waals surface area (Å²) in [5, 5.41) is 1.39. The lowest BCUT2D eigenvalue weighted by Gasteiger charge is -1.99. The normalized spacial score (nSPS) is 11.5. The first-order chi connectivity index (χ1) is 6.47. The molecule has 0 aliphatic rings. The van der Waals surface area contributed by atoms with E-state index in [4.69, 9.17) is 5.73 Å². The SMILES string of the molecule is CCNS(=O)(=O)c1csc(C(N)=O)c1. The van der Waals surface area contributed by atoms with Crippen LogP contribution in [0.1, 0.15) is 16.6 Å². The van der Waals surface area contributed by atoms with Gasteiger partial charge in [0.05, 0.1) is 9.77 Å². The highest BCUT2D eigenvalue weighted by Crippen LogP contribution is 2.18. The summed E-state index contributed by atoms with van der Waals surface area (Å²) in [5.74, 6) is -0.618. The molecule has 0 fully saturated rings. The number of thiophene rings is 1. The summed E-state index contributed by atoms with van der Waals surface area (Å²) in [6.07, 6.45) is 0. The Hall–Kier alpha value is -0.920. The van der Waals surface area contributed by atoms with E-state index < -0.39 is 15.9 Å². The number of nitrogens with two attached hydrogens (primary N) is 1. The Morgan fingerprint density at radius 1 is 1.64 bits per heavy atom. The van der Waals surface area contributed by atoms with E-state index in [1.165, 1.54) is 11.4 Å². The number of carbonyl (C=O) groups is 1. The third kappa shape index (κ3) is 2.31. The maximum atomic E-state index is 11.4. The van der Waals surface area contributed by atoms with Gasteiger partial charge in [-0.3, -0.25) is 4.79 Å². The first-order valence-corrected chi connectivity index (χ1v) is 6.21. The second kappa shape index (κ2) is 4.07. The first kappa shape index (κ1) is 11.2. The molecule has 0 aromatic carbocycles. The summed E-state index contributed by atoms with van der Waals surface area (Å²) in [5.41, 5.74) is 5.00. The fraction of sp³-hybridized carbons (Fsp3) is 0.286. The van der Waals surface area contributed by atoms with Crippen LogP contribution in [-0.4, -0.2) is 20.9 Å². The quantitative estimate of drug-likeness (QED) is 0.776. The fourth-order valence-electron chi connectivity index (χ4n) is 0.862. The smallest absolute Gasteiger partial charge is 0.258 e. The van der Waals surface area contributed by atoms with Gasteiger partial charge in [-0.25, -0.2) is 13.1 Å². The zero-order valence-electron chi connectivity index (χ0n) is 7.48. The number of rotatable bonds is 4. The molecule has 1 amide bonds. The number of primary amides is 1. The Morgan fingerprint density at radius 3 is 2.71 bits per heavy atom. The summed E-state index contributed by atoms with van der Waals surface area (Å²) in [7, 11) is -3.47. The number of carbonyl (C=O) groups excluding carboxylic acids is 1. The zero-order valence-corrected chi connectivity index (χ0v) is 9.11. The van der Waals surface area contributed by atoms with Crippen LogP contribution >= 0.6 is 11.3 Å². The average molecular weight is 234 g/mol. The van der Waals surface area contributed by atoms with Gasteiger partial charge in [0.1, 0.15) is 0 Å². The van der Waals surface area contributed by atoms with Gasteiger partial charge in [0.25, 0.3) is 5.91 Å². The van der Waals surface area contributed by atoms with Crippen LogP contribution in [0.2, 0.25) is 0 Å². The lowest BCUT2D eigenvalue weighted by atomic mass is 10.5. The molecule has 0 aliphatic carbocycles. The van der Waals surface area contributed by atoms with Gasteiger partial charge in [-0.1, -0.05) is 6.92 Å². The third-order valence-electron chi connectivity index (χ3n) is 1.46. The van der Waals surface area contributed by atoms with Crippen LogP contribution < -0.4 is 10.5 Å². The van der Waals surface area contributed by atoms with Gasteiger partial charge in [0, 0.05) is 11.9 Å². The summed E-state index contributed by atoms with van der Waals surface area (Å²) < 4.78 is 25.1. The van der Waals surface area contributed by atoms with E-state index in [1.54, 1.807) is 6.92 Å². The van der Waals surface area contributed by atoms with Gasteiger partial charge in [-0.15, -0.1) is 11.3 Å². The molecule has 0 saturated heterocycles. The van der Waals surface area contributed by atoms with Gasteiger partial charge in [-0.05, 0) is 6.07 Å². The van der Waals surface area contributed by atoms with Crippen LogP contribution in [0.4, 0.5) is 0 Å². The molecule has 0 radical (unpaired) electrons. The Labute approximate surface area is 86.0 Å². The van der Waals surface area contributed by atoms with Crippen molar-refractivity contribution in [2.24, 2.45) is 5.73 Å². The Balaban J connectivity index is 3.03. The summed E-state index contributed by atoms with van der Waals surface area (Å²) in [6, 6.07) is 1.27. The first-order valence-electron chi connectivity index (χ1n) is 3.85. The summed E-state index contributed by atoms with van der Waals surface area (Å²) >= 11 is 1.02.